The Kier molecular flexibility index (Phi) is 6.19. The molecular formula is C23H36N2O7. The van der Waals surface area contributed by atoms with Crippen LogP contribution in [0.5, 0.6) is 0 Å². The Morgan fingerprint density at radius 3 is 2.47 bits per heavy atom. The quantitative estimate of drug-likeness (QED) is 0.452. The highest BCUT2D eigenvalue weighted by Gasteiger charge is 2.72. The number of allylic oxidation sites excluding steroid dienone is 1. The van der Waals surface area contributed by atoms with E-state index < -0.39 is 12.2 Å². The van der Waals surface area contributed by atoms with Gasteiger partial charge in [-0.1, -0.05) is 11.6 Å². The first-order chi connectivity index (χ1) is 15.1. The van der Waals surface area contributed by atoms with Crippen molar-refractivity contribution >= 4 is 12.2 Å². The molecule has 0 N–H and O–H groups in total. The number of likely N-dealkylation sites (tertiary alicyclic amines) is 1. The van der Waals surface area contributed by atoms with Crippen LogP contribution in [0.4, 0.5) is 9.59 Å². The van der Waals surface area contributed by atoms with Gasteiger partial charge in [0, 0.05) is 21.2 Å². The molecule has 1 aliphatic carbocycles. The van der Waals surface area contributed by atoms with Gasteiger partial charge in [0.25, 0.3) is 0 Å². The molecule has 6 atom stereocenters. The minimum atomic E-state index is -0.410. The fourth-order valence-corrected chi connectivity index (χ4v) is 5.18. The number of hydrogen-bond donors (Lipinski definition) is 0. The van der Waals surface area contributed by atoms with Crippen molar-refractivity contribution < 1.29 is 33.3 Å². The standard InChI is InChI=1S/C23H36N2O7/c1-14(2)7-8-17-22(3,32-17)19-18(28-6)16(9-10-23(19)13-29-23)31-21(27)25-11-15(12-25)30-20(26)24(4)5/h7,15-19H,8-13H2,1-6H3/t16-,17-,18-,19-,22+,23+/m1/s1. The van der Waals surface area contributed by atoms with E-state index >= 15 is 0 Å². The van der Waals surface area contributed by atoms with Gasteiger partial charge in [-0.2, -0.15) is 0 Å². The fourth-order valence-electron chi connectivity index (χ4n) is 5.18. The van der Waals surface area contributed by atoms with Crippen molar-refractivity contribution in [1.82, 2.24) is 9.80 Å². The third-order valence-corrected chi connectivity index (χ3v) is 7.23. The summed E-state index contributed by atoms with van der Waals surface area (Å²) in [6, 6.07) is 0. The second-order valence-corrected chi connectivity index (χ2v) is 10.1. The summed E-state index contributed by atoms with van der Waals surface area (Å²) in [5.41, 5.74) is 0.652. The van der Waals surface area contributed by atoms with Gasteiger partial charge < -0.3 is 33.5 Å². The van der Waals surface area contributed by atoms with E-state index in [9.17, 15) is 9.59 Å². The second-order valence-electron chi connectivity index (χ2n) is 10.1. The number of amides is 2. The molecule has 0 bridgehead atoms. The van der Waals surface area contributed by atoms with Crippen LogP contribution < -0.4 is 0 Å². The average molecular weight is 453 g/mol. The predicted molar refractivity (Wildman–Crippen MR) is 115 cm³/mol. The first kappa shape index (κ1) is 23.3. The van der Waals surface area contributed by atoms with Gasteiger partial charge in [-0.25, -0.2) is 9.59 Å². The maximum absolute atomic E-state index is 12.7. The summed E-state index contributed by atoms with van der Waals surface area (Å²) in [4.78, 5) is 27.3. The Morgan fingerprint density at radius 1 is 1.22 bits per heavy atom. The topological polar surface area (TPSA) is 93.4 Å². The largest absolute Gasteiger partial charge is 0.443 e. The van der Waals surface area contributed by atoms with Crippen LogP contribution in [0, 0.1) is 5.92 Å². The molecule has 32 heavy (non-hydrogen) atoms. The van der Waals surface area contributed by atoms with Crippen LogP contribution in [0.15, 0.2) is 11.6 Å². The Labute approximate surface area is 189 Å². The molecule has 0 aromatic carbocycles. The SMILES string of the molecule is CO[C@@H]1[C@H](OC(=O)N2CC(OC(=O)N(C)C)C2)CC[C@]2(CO2)[C@H]1[C@@]1(C)O[C@@H]1CC=C(C)C. The number of hydrogen-bond acceptors (Lipinski definition) is 7. The number of rotatable bonds is 6. The molecule has 9 nitrogen and oxygen atoms in total. The first-order valence-electron chi connectivity index (χ1n) is 11.4. The summed E-state index contributed by atoms with van der Waals surface area (Å²) >= 11 is 0. The molecule has 3 saturated heterocycles. The molecule has 0 aromatic rings. The van der Waals surface area contributed by atoms with Crippen molar-refractivity contribution in [3.8, 4) is 0 Å². The van der Waals surface area contributed by atoms with Crippen molar-refractivity contribution in [3.63, 3.8) is 0 Å². The number of carbonyl (C=O) groups excluding carboxylic acids is 2. The number of nitrogens with zero attached hydrogens (tertiary/aromatic N) is 2. The number of ether oxygens (including phenoxy) is 5. The summed E-state index contributed by atoms with van der Waals surface area (Å²) in [6.45, 7) is 7.66. The summed E-state index contributed by atoms with van der Waals surface area (Å²) in [5.74, 6) is -0.00713. The van der Waals surface area contributed by atoms with Gasteiger partial charge in [0.2, 0.25) is 0 Å². The Bertz CT molecular complexity index is 770. The molecule has 4 aliphatic rings. The minimum Gasteiger partial charge on any atom is -0.443 e. The number of carbonyl (C=O) groups is 2. The lowest BCUT2D eigenvalue weighted by Crippen LogP contribution is -2.59. The summed E-state index contributed by atoms with van der Waals surface area (Å²) in [5, 5.41) is 0. The third kappa shape index (κ3) is 4.34. The van der Waals surface area contributed by atoms with Crippen LogP contribution in [0.3, 0.4) is 0 Å². The van der Waals surface area contributed by atoms with E-state index in [2.05, 4.69) is 26.8 Å². The van der Waals surface area contributed by atoms with Crippen molar-refractivity contribution in [1.29, 1.82) is 0 Å². The van der Waals surface area contributed by atoms with E-state index in [0.717, 1.165) is 12.8 Å². The van der Waals surface area contributed by atoms with Crippen LogP contribution in [-0.4, -0.2) is 98.5 Å². The monoisotopic (exact) mass is 452 g/mol. The molecule has 3 heterocycles. The maximum atomic E-state index is 12.7. The molecule has 0 aromatic heterocycles. The molecule has 9 heteroatoms. The van der Waals surface area contributed by atoms with E-state index in [4.69, 9.17) is 23.7 Å². The molecule has 0 unspecified atom stereocenters. The van der Waals surface area contributed by atoms with Crippen LogP contribution in [0.25, 0.3) is 0 Å². The van der Waals surface area contributed by atoms with Crippen LogP contribution >= 0.6 is 0 Å². The van der Waals surface area contributed by atoms with E-state index in [-0.39, 0.29) is 41.5 Å². The smallest absolute Gasteiger partial charge is 0.410 e. The fraction of sp³-hybridized carbons (Fsp3) is 0.826. The molecular weight excluding hydrogens is 416 g/mol. The summed E-state index contributed by atoms with van der Waals surface area (Å²) in [7, 11) is 4.92. The lowest BCUT2D eigenvalue weighted by molar-refractivity contribution is -0.126. The average Bonchev–Trinajstić information content (AvgIpc) is 3.61. The predicted octanol–water partition coefficient (Wildman–Crippen LogP) is 2.58. The number of epoxide rings is 2. The highest BCUT2D eigenvalue weighted by molar-refractivity contribution is 5.70. The molecule has 180 valence electrons. The molecule has 1 spiro atoms. The van der Waals surface area contributed by atoms with Gasteiger partial charge in [-0.15, -0.1) is 0 Å². The molecule has 1 saturated carbocycles. The highest BCUT2D eigenvalue weighted by Crippen LogP contribution is 2.59. The van der Waals surface area contributed by atoms with Crippen LogP contribution in [0.2, 0.25) is 0 Å². The van der Waals surface area contributed by atoms with Gasteiger partial charge in [-0.3, -0.25) is 0 Å². The third-order valence-electron chi connectivity index (χ3n) is 7.23. The normalized spacial score (nSPS) is 38.0. The first-order valence-corrected chi connectivity index (χ1v) is 11.4. The van der Waals surface area contributed by atoms with Gasteiger partial charge in [0.15, 0.2) is 0 Å². The van der Waals surface area contributed by atoms with Crippen molar-refractivity contribution in [2.75, 3.05) is 40.9 Å². The number of methoxy groups -OCH3 is 1. The van der Waals surface area contributed by atoms with Crippen LogP contribution in [-0.2, 0) is 23.7 Å². The zero-order chi connectivity index (χ0) is 23.3. The Hall–Kier alpha value is -1.84. The van der Waals surface area contributed by atoms with Crippen LogP contribution in [0.1, 0.15) is 40.0 Å². The van der Waals surface area contributed by atoms with Gasteiger partial charge in [0.1, 0.15) is 29.5 Å². The molecule has 0 radical (unpaired) electrons. The zero-order valence-corrected chi connectivity index (χ0v) is 20.0. The van der Waals surface area contributed by atoms with E-state index in [1.165, 1.54) is 10.5 Å². The summed E-state index contributed by atoms with van der Waals surface area (Å²) in [6.07, 6.45) is 2.87. The highest BCUT2D eigenvalue weighted by atomic mass is 16.6. The van der Waals surface area contributed by atoms with E-state index in [0.29, 0.717) is 26.1 Å². The van der Waals surface area contributed by atoms with Gasteiger partial charge >= 0.3 is 12.2 Å². The molecule has 2 amide bonds. The lowest BCUT2D eigenvalue weighted by atomic mass is 9.68. The lowest BCUT2D eigenvalue weighted by Gasteiger charge is -2.44. The van der Waals surface area contributed by atoms with E-state index in [1.807, 2.05) is 0 Å². The van der Waals surface area contributed by atoms with Crippen molar-refractivity contribution in [3.05, 3.63) is 11.6 Å². The molecule has 4 rings (SSSR count). The molecule has 4 fully saturated rings. The van der Waals surface area contributed by atoms with Crippen molar-refractivity contribution in [2.24, 2.45) is 5.92 Å². The Morgan fingerprint density at radius 2 is 1.91 bits per heavy atom. The second kappa shape index (κ2) is 8.50. The van der Waals surface area contributed by atoms with Crippen molar-refractivity contribution in [2.45, 2.75) is 75.7 Å². The van der Waals surface area contributed by atoms with Gasteiger partial charge in [0.05, 0.1) is 31.7 Å². The minimum absolute atomic E-state index is 0.00713. The zero-order valence-electron chi connectivity index (χ0n) is 20.0. The Balaban J connectivity index is 1.37. The summed E-state index contributed by atoms with van der Waals surface area (Å²) < 4.78 is 29.3. The molecule has 3 aliphatic heterocycles. The van der Waals surface area contributed by atoms with E-state index in [1.54, 1.807) is 26.1 Å². The van der Waals surface area contributed by atoms with Gasteiger partial charge in [-0.05, 0) is 40.0 Å². The maximum Gasteiger partial charge on any atom is 0.410 e.